The molecule has 3 aromatic rings. The number of anilines is 2. The summed E-state index contributed by atoms with van der Waals surface area (Å²) in [5, 5.41) is 28.3. The smallest absolute Gasteiger partial charge is 0.150 e. The van der Waals surface area contributed by atoms with Crippen LogP contribution in [0.2, 0.25) is 0 Å². The van der Waals surface area contributed by atoms with Gasteiger partial charge in [-0.2, -0.15) is 5.26 Å². The monoisotopic (exact) mass is 426 g/mol. The molecule has 0 saturated carbocycles. The van der Waals surface area contributed by atoms with Crippen molar-refractivity contribution in [2.75, 3.05) is 18.2 Å². The zero-order valence-corrected chi connectivity index (χ0v) is 17.9. The van der Waals surface area contributed by atoms with Crippen molar-refractivity contribution in [3.63, 3.8) is 0 Å². The van der Waals surface area contributed by atoms with E-state index in [9.17, 15) is 4.79 Å². The summed E-state index contributed by atoms with van der Waals surface area (Å²) in [6.07, 6.45) is 3.83. The van der Waals surface area contributed by atoms with Gasteiger partial charge in [-0.05, 0) is 60.7 Å². The number of nitrogens with one attached hydrogen (secondary N) is 2. The predicted molar refractivity (Wildman–Crippen MR) is 127 cm³/mol. The van der Waals surface area contributed by atoms with Crippen LogP contribution in [0.5, 0.6) is 0 Å². The number of nitrogens with zero attached hydrogens (tertiary/aromatic N) is 1. The van der Waals surface area contributed by atoms with Gasteiger partial charge in [0.25, 0.3) is 0 Å². The van der Waals surface area contributed by atoms with Crippen molar-refractivity contribution in [2.45, 2.75) is 25.3 Å². The number of aldehydes is 1. The number of carbonyl (C=O) groups is 1. The van der Waals surface area contributed by atoms with Crippen molar-refractivity contribution in [3.8, 4) is 6.07 Å². The highest BCUT2D eigenvalue weighted by molar-refractivity contribution is 6.14. The lowest BCUT2D eigenvalue weighted by atomic mass is 9.86. The molecule has 1 atom stereocenters. The Morgan fingerprint density at radius 3 is 2.59 bits per heavy atom. The molecule has 0 spiro atoms. The van der Waals surface area contributed by atoms with Crippen molar-refractivity contribution in [3.05, 3.63) is 94.0 Å². The van der Waals surface area contributed by atoms with Crippen molar-refractivity contribution < 1.29 is 9.90 Å². The summed E-state index contributed by atoms with van der Waals surface area (Å²) in [6.45, 7) is 0. The fraction of sp³-hybridized carbons (Fsp3) is 0.192. The Kier molecular flexibility index (Phi) is 7.37. The average molecular weight is 427 g/mol. The van der Waals surface area contributed by atoms with E-state index in [-0.39, 0.29) is 6.04 Å². The summed E-state index contributed by atoms with van der Waals surface area (Å²) in [5.74, 6) is 0. The van der Waals surface area contributed by atoms with Gasteiger partial charge in [0.2, 0.25) is 0 Å². The average Bonchev–Trinajstić information content (AvgIpc) is 2.86. The molecule has 0 bridgehead atoms. The van der Waals surface area contributed by atoms with Crippen LogP contribution in [0.1, 0.15) is 57.1 Å². The lowest BCUT2D eigenvalue weighted by molar-refractivity contribution is 0.112. The van der Waals surface area contributed by atoms with Gasteiger partial charge in [-0.3, -0.25) is 10.2 Å². The number of hydrogen-bond acceptors (Lipinski definition) is 6. The Hall–Kier alpha value is -3.95. The zero-order valence-electron chi connectivity index (χ0n) is 17.9. The van der Waals surface area contributed by atoms with E-state index in [1.165, 1.54) is 11.1 Å². The van der Waals surface area contributed by atoms with Crippen molar-refractivity contribution >= 4 is 23.4 Å². The molecular formula is C26H26N4O2. The lowest BCUT2D eigenvalue weighted by Crippen LogP contribution is -2.18. The van der Waals surface area contributed by atoms with Gasteiger partial charge in [0.15, 0.2) is 0 Å². The van der Waals surface area contributed by atoms with Crippen LogP contribution in [-0.2, 0) is 6.42 Å². The fourth-order valence-electron chi connectivity index (χ4n) is 3.98. The highest BCUT2D eigenvalue weighted by Gasteiger charge is 2.21. The molecule has 0 saturated heterocycles. The number of fused-ring (bicyclic) bond motifs is 1. The summed E-state index contributed by atoms with van der Waals surface area (Å²) >= 11 is 0. The Labute approximate surface area is 187 Å². The number of carbonyl (C=O) groups excluding carboxylic acids is 1. The molecule has 1 unspecified atom stereocenters. The van der Waals surface area contributed by atoms with E-state index in [0.717, 1.165) is 38.3 Å². The fourth-order valence-corrected chi connectivity index (χ4v) is 3.98. The molecule has 1 aliphatic rings. The van der Waals surface area contributed by atoms with E-state index in [1.54, 1.807) is 24.3 Å². The SMILES string of the molecule is CO.N#Cc1ccc2c(c1)CCCC2Nc1ccc(N)c(C(=N)c2ccc(C=O)cc2)c1. The van der Waals surface area contributed by atoms with E-state index in [2.05, 4.69) is 11.4 Å². The van der Waals surface area contributed by atoms with Crippen molar-refractivity contribution in [1.29, 1.82) is 10.7 Å². The molecule has 0 aromatic heterocycles. The van der Waals surface area contributed by atoms with Crippen LogP contribution in [0.15, 0.2) is 60.7 Å². The molecule has 162 valence electrons. The summed E-state index contributed by atoms with van der Waals surface area (Å²) < 4.78 is 0. The number of aryl methyl sites for hydroxylation is 1. The standard InChI is InChI=1S/C25H22N4O.CH4O/c26-14-17-6-10-21-19(12-17)2-1-3-24(21)29-20-9-11-23(27)22(13-20)25(28)18-7-4-16(15-30)5-8-18;1-2/h4-13,15,24,28-29H,1-3,27H2;2H,1H3. The molecule has 1 aliphatic carbocycles. The number of nitriles is 1. The summed E-state index contributed by atoms with van der Waals surface area (Å²) in [7, 11) is 1.00. The van der Waals surface area contributed by atoms with E-state index in [0.29, 0.717) is 33.7 Å². The lowest BCUT2D eigenvalue weighted by Gasteiger charge is -2.27. The van der Waals surface area contributed by atoms with Gasteiger partial charge in [-0.1, -0.05) is 30.3 Å². The quantitative estimate of drug-likeness (QED) is 0.272. The third kappa shape index (κ3) is 4.85. The number of nitrogen functional groups attached to an aromatic ring is 1. The minimum absolute atomic E-state index is 0.152. The van der Waals surface area contributed by atoms with Crippen LogP contribution >= 0.6 is 0 Å². The molecule has 5 N–H and O–H groups in total. The van der Waals surface area contributed by atoms with E-state index >= 15 is 0 Å². The van der Waals surface area contributed by atoms with E-state index in [4.69, 9.17) is 21.5 Å². The normalized spacial score (nSPS) is 14.2. The topological polar surface area (TPSA) is 123 Å². The molecule has 0 amide bonds. The molecule has 0 fully saturated rings. The highest BCUT2D eigenvalue weighted by Crippen LogP contribution is 2.34. The number of aliphatic hydroxyl groups is 1. The maximum Gasteiger partial charge on any atom is 0.150 e. The van der Waals surface area contributed by atoms with Gasteiger partial charge in [0, 0.05) is 35.2 Å². The number of hydrogen-bond donors (Lipinski definition) is 4. The second-order valence-electron chi connectivity index (χ2n) is 7.53. The molecule has 6 nitrogen and oxygen atoms in total. The molecule has 4 rings (SSSR count). The number of aliphatic hydroxyl groups excluding tert-OH is 1. The first-order chi connectivity index (χ1) is 15.6. The van der Waals surface area contributed by atoms with Crippen LogP contribution in [0.3, 0.4) is 0 Å². The van der Waals surface area contributed by atoms with Gasteiger partial charge < -0.3 is 16.2 Å². The Morgan fingerprint density at radius 1 is 1.16 bits per heavy atom. The number of nitrogens with two attached hydrogens (primary N) is 1. The second-order valence-corrected chi connectivity index (χ2v) is 7.53. The van der Waals surface area contributed by atoms with Gasteiger partial charge in [-0.25, -0.2) is 0 Å². The molecule has 3 aromatic carbocycles. The number of rotatable bonds is 5. The van der Waals surface area contributed by atoms with Crippen molar-refractivity contribution in [2.24, 2.45) is 0 Å². The zero-order chi connectivity index (χ0) is 23.1. The van der Waals surface area contributed by atoms with Crippen LogP contribution in [0.25, 0.3) is 0 Å². The molecule has 32 heavy (non-hydrogen) atoms. The van der Waals surface area contributed by atoms with E-state index < -0.39 is 0 Å². The molecular weight excluding hydrogens is 400 g/mol. The second kappa shape index (κ2) is 10.4. The third-order valence-corrected chi connectivity index (χ3v) is 5.59. The molecule has 0 radical (unpaired) electrons. The van der Waals surface area contributed by atoms with Crippen LogP contribution in [-0.4, -0.2) is 24.2 Å². The predicted octanol–water partition coefficient (Wildman–Crippen LogP) is 4.47. The van der Waals surface area contributed by atoms with Crippen molar-refractivity contribution in [1.82, 2.24) is 0 Å². The maximum absolute atomic E-state index is 10.9. The van der Waals surface area contributed by atoms with Crippen LogP contribution in [0, 0.1) is 16.7 Å². The molecule has 0 aliphatic heterocycles. The minimum Gasteiger partial charge on any atom is -0.400 e. The number of benzene rings is 3. The first kappa shape index (κ1) is 22.7. The first-order valence-corrected chi connectivity index (χ1v) is 10.4. The van der Waals surface area contributed by atoms with Gasteiger partial charge in [0.05, 0.1) is 23.4 Å². The van der Waals surface area contributed by atoms with Gasteiger partial charge in [0.1, 0.15) is 6.29 Å². The highest BCUT2D eigenvalue weighted by atomic mass is 16.2. The minimum atomic E-state index is 0.152. The summed E-state index contributed by atoms with van der Waals surface area (Å²) in [5.41, 5.74) is 13.0. The van der Waals surface area contributed by atoms with E-state index in [1.807, 2.05) is 36.4 Å². The van der Waals surface area contributed by atoms with Crippen LogP contribution < -0.4 is 11.1 Å². The van der Waals surface area contributed by atoms with Crippen LogP contribution in [0.4, 0.5) is 11.4 Å². The largest absolute Gasteiger partial charge is 0.400 e. The Bertz CT molecular complexity index is 1160. The van der Waals surface area contributed by atoms with Gasteiger partial charge >= 0.3 is 0 Å². The third-order valence-electron chi connectivity index (χ3n) is 5.59. The first-order valence-electron chi connectivity index (χ1n) is 10.4. The molecule has 0 heterocycles. The maximum atomic E-state index is 10.9. The summed E-state index contributed by atoms with van der Waals surface area (Å²) in [4.78, 5) is 10.9. The summed E-state index contributed by atoms with van der Waals surface area (Å²) in [6, 6.07) is 20.8. The Morgan fingerprint density at radius 2 is 1.91 bits per heavy atom. The van der Waals surface area contributed by atoms with Gasteiger partial charge in [-0.15, -0.1) is 0 Å². The molecule has 6 heteroatoms. The Balaban J connectivity index is 0.00000141.